The predicted molar refractivity (Wildman–Crippen MR) is 197 cm³/mol. The number of anilines is 1. The Morgan fingerprint density at radius 2 is 1.56 bits per heavy atom. The van der Waals surface area contributed by atoms with Gasteiger partial charge in [0.2, 0.25) is 5.52 Å². The van der Waals surface area contributed by atoms with E-state index in [2.05, 4.69) is 76.2 Å². The van der Waals surface area contributed by atoms with Crippen molar-refractivity contribution in [3.63, 3.8) is 0 Å². The van der Waals surface area contributed by atoms with Crippen molar-refractivity contribution in [2.45, 2.75) is 43.4 Å². The van der Waals surface area contributed by atoms with Crippen molar-refractivity contribution in [2.24, 2.45) is 0 Å². The van der Waals surface area contributed by atoms with Gasteiger partial charge in [-0.1, -0.05) is 95.9 Å². The van der Waals surface area contributed by atoms with Crippen LogP contribution in [0.3, 0.4) is 0 Å². The van der Waals surface area contributed by atoms with Gasteiger partial charge in [-0.25, -0.2) is 12.6 Å². The van der Waals surface area contributed by atoms with Crippen molar-refractivity contribution in [1.82, 2.24) is 0 Å². The molecule has 1 N–H and O–H groups in total. The fourth-order valence-electron chi connectivity index (χ4n) is 5.60. The Bertz CT molecular complexity index is 2190. The lowest BCUT2D eigenvalue weighted by Gasteiger charge is -2.21. The van der Waals surface area contributed by atoms with Crippen LogP contribution in [0.1, 0.15) is 31.7 Å². The van der Waals surface area contributed by atoms with E-state index in [0.29, 0.717) is 19.5 Å². The first-order chi connectivity index (χ1) is 23.0. The molecule has 0 saturated heterocycles. The Balaban J connectivity index is 1.41. The minimum Gasteiger partial charge on any atom is -0.748 e. The van der Waals surface area contributed by atoms with E-state index in [0.717, 1.165) is 58.5 Å². The molecule has 0 amide bonds. The molecule has 1 aliphatic rings. The lowest BCUT2D eigenvalue weighted by molar-refractivity contribution is -0.669. The van der Waals surface area contributed by atoms with Gasteiger partial charge in [0.1, 0.15) is 4.70 Å². The molecule has 250 valence electrons. The second-order valence-corrected chi connectivity index (χ2v) is 17.1. The molecule has 6 rings (SSSR count). The van der Waals surface area contributed by atoms with E-state index in [9.17, 15) is 21.7 Å². The largest absolute Gasteiger partial charge is 0.748 e. The van der Waals surface area contributed by atoms with E-state index in [-0.39, 0.29) is 13.0 Å². The van der Waals surface area contributed by atoms with Crippen LogP contribution in [0.5, 0.6) is 0 Å². The molecule has 0 bridgehead atoms. The average Bonchev–Trinajstić information content (AvgIpc) is 3.61. The summed E-state index contributed by atoms with van der Waals surface area (Å²) in [5, 5.41) is 2.08. The van der Waals surface area contributed by atoms with Gasteiger partial charge in [0.05, 0.1) is 33.5 Å². The standard InChI is InChI=1S/C36H36N2O6S4/c1-3-47(39,40)44-22-21-38-32-24-30(28-14-8-5-9-15-28)17-19-34(32)46-36(38)25-35-37(20-10-11-26(2)48(41,42)43)31-23-29(16-18-33(31)45-35)27-12-6-4-7-13-27/h3-9,12-19,23-26H,10-11,20-22H2,1-2H3,(H-,39,40,41,42,43). The normalized spacial score (nSPS) is 15.8. The summed E-state index contributed by atoms with van der Waals surface area (Å²) in [5.41, 5.74) is 6.31. The third kappa shape index (κ3) is 7.86. The van der Waals surface area contributed by atoms with Gasteiger partial charge in [0, 0.05) is 34.5 Å². The van der Waals surface area contributed by atoms with Crippen LogP contribution in [0, 0.1) is 0 Å². The number of aryl methyl sites for hydroxylation is 1. The van der Waals surface area contributed by atoms with Crippen LogP contribution in [0.25, 0.3) is 38.5 Å². The van der Waals surface area contributed by atoms with E-state index in [1.165, 1.54) is 13.8 Å². The van der Waals surface area contributed by atoms with E-state index >= 15 is 0 Å². The van der Waals surface area contributed by atoms with Gasteiger partial charge in [-0.15, -0.1) is 0 Å². The highest BCUT2D eigenvalue weighted by molar-refractivity contribution is 8.04. The average molecular weight is 721 g/mol. The number of nitrogens with zero attached hydrogens (tertiary/aromatic N) is 2. The maximum absolute atomic E-state index is 12.3. The van der Waals surface area contributed by atoms with Gasteiger partial charge in [0.15, 0.2) is 16.6 Å². The highest BCUT2D eigenvalue weighted by atomic mass is 32.2. The molecular weight excluding hydrogens is 685 g/mol. The minimum absolute atomic E-state index is 0.0288. The molecule has 0 saturated carbocycles. The van der Waals surface area contributed by atoms with Gasteiger partial charge < -0.3 is 9.45 Å². The first kappa shape index (κ1) is 34.4. The van der Waals surface area contributed by atoms with Gasteiger partial charge in [-0.05, 0) is 60.7 Å². The van der Waals surface area contributed by atoms with E-state index in [4.69, 9.17) is 4.18 Å². The van der Waals surface area contributed by atoms with Gasteiger partial charge in [0.25, 0.3) is 5.01 Å². The van der Waals surface area contributed by atoms with Crippen molar-refractivity contribution in [3.05, 3.63) is 107 Å². The highest BCUT2D eigenvalue weighted by Gasteiger charge is 2.29. The summed E-state index contributed by atoms with van der Waals surface area (Å²) in [5.74, 6) is 0. The summed E-state index contributed by atoms with van der Waals surface area (Å²) in [7, 11) is -7.86. The zero-order valence-electron chi connectivity index (χ0n) is 26.5. The van der Waals surface area contributed by atoms with E-state index < -0.39 is 25.5 Å². The van der Waals surface area contributed by atoms with E-state index in [1.807, 2.05) is 36.4 Å². The number of rotatable bonds is 12. The maximum Gasteiger partial charge on any atom is 0.265 e. The zero-order valence-corrected chi connectivity index (χ0v) is 29.8. The van der Waals surface area contributed by atoms with Gasteiger partial charge in [-0.2, -0.15) is 4.57 Å². The first-order valence-corrected chi connectivity index (χ1v) is 20.2. The van der Waals surface area contributed by atoms with Crippen LogP contribution >= 0.6 is 23.1 Å². The number of thioether (sulfide) groups is 1. The van der Waals surface area contributed by atoms with E-state index in [1.54, 1.807) is 23.1 Å². The SMILES string of the molecule is CC=S(=O)(O)OCCN1C(=Cc2sc3ccc(-c4ccccc4)cc3[n+]2CCCC(C)S(=O)(=O)[O-])Sc2ccc(-c3ccccc3)cc21. The molecule has 1 aromatic heterocycles. The number of aromatic nitrogens is 1. The minimum atomic E-state index is -4.37. The quantitative estimate of drug-likeness (QED) is 0.0795. The molecular formula is C36H36N2O6S4. The van der Waals surface area contributed by atoms with Crippen LogP contribution in [0.4, 0.5) is 5.69 Å². The third-order valence-corrected chi connectivity index (χ3v) is 12.8. The van der Waals surface area contributed by atoms with Crippen LogP contribution in [-0.4, -0.2) is 45.5 Å². The molecule has 0 spiro atoms. The summed E-state index contributed by atoms with van der Waals surface area (Å²) < 4.78 is 65.8. The van der Waals surface area contributed by atoms with Crippen molar-refractivity contribution in [3.8, 4) is 22.3 Å². The number of fused-ring (bicyclic) bond motifs is 2. The van der Waals surface area contributed by atoms with Crippen molar-refractivity contribution in [1.29, 1.82) is 0 Å². The molecule has 0 aliphatic carbocycles. The molecule has 5 aromatic rings. The molecule has 48 heavy (non-hydrogen) atoms. The Labute approximate surface area is 290 Å². The summed E-state index contributed by atoms with van der Waals surface area (Å²) in [6.07, 6.45) is 2.88. The van der Waals surface area contributed by atoms with Crippen LogP contribution < -0.4 is 9.47 Å². The maximum atomic E-state index is 12.3. The highest BCUT2D eigenvalue weighted by Crippen LogP contribution is 2.48. The lowest BCUT2D eigenvalue weighted by Crippen LogP contribution is -2.36. The van der Waals surface area contributed by atoms with Crippen LogP contribution in [0.15, 0.2) is 107 Å². The second kappa shape index (κ2) is 14.6. The van der Waals surface area contributed by atoms with Crippen LogP contribution in [0.2, 0.25) is 0 Å². The molecule has 0 radical (unpaired) electrons. The molecule has 4 aromatic carbocycles. The Morgan fingerprint density at radius 1 is 0.917 bits per heavy atom. The predicted octanol–water partition coefficient (Wildman–Crippen LogP) is 7.66. The zero-order chi connectivity index (χ0) is 33.9. The summed E-state index contributed by atoms with van der Waals surface area (Å²) in [6, 6.07) is 33.0. The van der Waals surface area contributed by atoms with Crippen molar-refractivity contribution in [2.75, 3.05) is 18.1 Å². The monoisotopic (exact) mass is 720 g/mol. The Hall–Kier alpha value is -3.49. The smallest absolute Gasteiger partial charge is 0.265 e. The first-order valence-electron chi connectivity index (χ1n) is 15.6. The summed E-state index contributed by atoms with van der Waals surface area (Å²) >= 11 is 3.26. The molecule has 2 atom stereocenters. The lowest BCUT2D eigenvalue weighted by atomic mass is 10.0. The van der Waals surface area contributed by atoms with Gasteiger partial charge in [-0.3, -0.25) is 8.74 Å². The van der Waals surface area contributed by atoms with Crippen molar-refractivity contribution < 1.29 is 30.5 Å². The molecule has 1 aliphatic heterocycles. The number of thiazole rings is 1. The molecule has 2 unspecified atom stereocenters. The third-order valence-electron chi connectivity index (χ3n) is 8.27. The number of hydrogen-bond donors (Lipinski definition) is 1. The second-order valence-electron chi connectivity index (χ2n) is 11.4. The Kier molecular flexibility index (Phi) is 10.4. The molecule has 2 heterocycles. The van der Waals surface area contributed by atoms with Crippen molar-refractivity contribution >= 4 is 70.6 Å². The number of benzene rings is 4. The molecule has 12 heteroatoms. The molecule has 8 nitrogen and oxygen atoms in total. The number of hydrogen-bond acceptors (Lipinski definition) is 8. The topological polar surface area (TPSA) is 111 Å². The molecule has 0 fully saturated rings. The summed E-state index contributed by atoms with van der Waals surface area (Å²) in [4.78, 5) is 3.18. The van der Waals surface area contributed by atoms with Gasteiger partial charge >= 0.3 is 0 Å². The van der Waals surface area contributed by atoms with Crippen LogP contribution in [-0.2, 0) is 30.9 Å². The fraction of sp³-hybridized carbons (Fsp3) is 0.222. The fourth-order valence-corrected chi connectivity index (χ4v) is 8.79. The summed E-state index contributed by atoms with van der Waals surface area (Å²) in [6.45, 7) is 3.86. The Morgan fingerprint density at radius 3 is 2.21 bits per heavy atom.